The maximum Gasteiger partial charge on any atom is -0.0256 e. The molecule has 0 unspecified atom stereocenters. The third-order valence-electron chi connectivity index (χ3n) is 1.81. The van der Waals surface area contributed by atoms with Gasteiger partial charge in [0.25, 0.3) is 0 Å². The average molecular weight is 170 g/mol. The Labute approximate surface area is 79.2 Å². The quantitative estimate of drug-likeness (QED) is 0.596. The molecule has 0 heteroatoms. The van der Waals surface area contributed by atoms with Crippen molar-refractivity contribution in [3.8, 4) is 0 Å². The smallest absolute Gasteiger partial charge is 0.0256 e. The van der Waals surface area contributed by atoms with E-state index < -0.39 is 0 Å². The first-order chi connectivity index (χ1) is 6.36. The van der Waals surface area contributed by atoms with Crippen LogP contribution in [0.2, 0.25) is 0 Å². The Morgan fingerprint density at radius 2 is 1.62 bits per heavy atom. The zero-order valence-corrected chi connectivity index (χ0v) is 7.90. The van der Waals surface area contributed by atoms with Crippen molar-refractivity contribution >= 4 is 12.2 Å². The molecule has 0 atom stereocenters. The highest BCUT2D eigenvalue weighted by atomic mass is 13.8. The molecule has 0 heterocycles. The van der Waals surface area contributed by atoms with Gasteiger partial charge in [-0.05, 0) is 17.4 Å². The summed E-state index contributed by atoms with van der Waals surface area (Å²) in [6, 6.07) is 8.41. The van der Waals surface area contributed by atoms with E-state index in [9.17, 15) is 0 Å². The molecule has 0 fully saturated rings. The van der Waals surface area contributed by atoms with E-state index in [0.29, 0.717) is 0 Å². The molecule has 0 aliphatic carbocycles. The third-order valence-corrected chi connectivity index (χ3v) is 1.81. The van der Waals surface area contributed by atoms with Gasteiger partial charge in [-0.1, -0.05) is 61.2 Å². The Morgan fingerprint density at radius 3 is 2.15 bits per heavy atom. The predicted molar refractivity (Wildman–Crippen MR) is 59.6 cm³/mol. The maximum absolute atomic E-state index is 3.61. The highest BCUT2D eigenvalue weighted by Gasteiger charge is 1.76. The first-order valence-corrected chi connectivity index (χ1v) is 4.38. The van der Waals surface area contributed by atoms with E-state index in [4.69, 9.17) is 0 Å². The molecule has 0 saturated heterocycles. The summed E-state index contributed by atoms with van der Waals surface area (Å²) in [6.07, 6.45) is 9.81. The van der Waals surface area contributed by atoms with Crippen molar-refractivity contribution in [2.75, 3.05) is 0 Å². The zero-order valence-electron chi connectivity index (χ0n) is 7.90. The van der Waals surface area contributed by atoms with Crippen LogP contribution in [0.15, 0.2) is 49.1 Å². The summed E-state index contributed by atoms with van der Waals surface area (Å²) in [7, 11) is 0. The molecule has 0 bridgehead atoms. The molecular formula is C13H14. The maximum atomic E-state index is 3.61. The summed E-state index contributed by atoms with van der Waals surface area (Å²) in [5.41, 5.74) is 0. The van der Waals surface area contributed by atoms with Gasteiger partial charge in [-0.25, -0.2) is 0 Å². The number of allylic oxidation sites excluding steroid dienone is 3. The van der Waals surface area contributed by atoms with E-state index in [1.807, 2.05) is 19.1 Å². The molecule has 1 aromatic carbocycles. The van der Waals surface area contributed by atoms with Crippen LogP contribution in [0, 0.1) is 0 Å². The van der Waals surface area contributed by atoms with Gasteiger partial charge in [0.05, 0.1) is 0 Å². The van der Waals surface area contributed by atoms with Gasteiger partial charge in [-0.2, -0.15) is 0 Å². The molecule has 13 heavy (non-hydrogen) atoms. The van der Waals surface area contributed by atoms with Gasteiger partial charge in [-0.15, -0.1) is 0 Å². The summed E-state index contributed by atoms with van der Waals surface area (Å²) < 4.78 is 0. The van der Waals surface area contributed by atoms with Crippen molar-refractivity contribution in [1.29, 1.82) is 0 Å². The van der Waals surface area contributed by atoms with Crippen molar-refractivity contribution in [3.63, 3.8) is 0 Å². The Morgan fingerprint density at radius 1 is 1.00 bits per heavy atom. The molecule has 0 aromatic heterocycles. The lowest BCUT2D eigenvalue weighted by molar-refractivity contribution is 1.54. The Hall–Kier alpha value is -1.56. The molecule has 0 amide bonds. The number of rotatable bonds is 2. The molecule has 1 rings (SSSR count). The second-order valence-corrected chi connectivity index (χ2v) is 2.74. The highest BCUT2D eigenvalue weighted by molar-refractivity contribution is 5.38. The van der Waals surface area contributed by atoms with Gasteiger partial charge < -0.3 is 0 Å². The van der Waals surface area contributed by atoms with Crippen molar-refractivity contribution in [1.82, 2.24) is 0 Å². The van der Waals surface area contributed by atoms with Crippen molar-refractivity contribution in [2.45, 2.75) is 6.92 Å². The first kappa shape index (κ1) is 9.53. The molecule has 0 saturated carbocycles. The van der Waals surface area contributed by atoms with Crippen molar-refractivity contribution in [2.24, 2.45) is 0 Å². The van der Waals surface area contributed by atoms with Gasteiger partial charge in [0.15, 0.2) is 0 Å². The minimum atomic E-state index is 1.21. The first-order valence-electron chi connectivity index (χ1n) is 4.38. The molecule has 0 nitrogen and oxygen atoms in total. The zero-order chi connectivity index (χ0) is 9.52. The molecule has 66 valence electrons. The average Bonchev–Trinajstić information content (AvgIpc) is 2.19. The molecule has 1 aromatic rings. The Kier molecular flexibility index (Phi) is 3.77. The fourth-order valence-electron chi connectivity index (χ4n) is 1.04. The Bertz CT molecular complexity index is 385. The van der Waals surface area contributed by atoms with Crippen LogP contribution in [0.25, 0.3) is 12.2 Å². The second-order valence-electron chi connectivity index (χ2n) is 2.74. The largest absolute Gasteiger partial charge is 0.0991 e. The molecule has 0 aliphatic heterocycles. The van der Waals surface area contributed by atoms with E-state index in [0.717, 1.165) is 0 Å². The summed E-state index contributed by atoms with van der Waals surface area (Å²) in [5, 5.41) is 2.47. The third kappa shape index (κ3) is 3.12. The Balaban J connectivity index is 2.98. The van der Waals surface area contributed by atoms with E-state index in [1.54, 1.807) is 6.08 Å². The topological polar surface area (TPSA) is 0 Å². The minimum Gasteiger partial charge on any atom is -0.0991 e. The summed E-state index contributed by atoms with van der Waals surface area (Å²) in [5.74, 6) is 0. The molecule has 0 radical (unpaired) electrons. The van der Waals surface area contributed by atoms with Crippen molar-refractivity contribution in [3.05, 3.63) is 59.5 Å². The van der Waals surface area contributed by atoms with E-state index in [1.165, 1.54) is 10.4 Å². The van der Waals surface area contributed by atoms with E-state index in [-0.39, 0.29) is 0 Å². The number of hydrogen-bond donors (Lipinski definition) is 0. The molecule has 0 aliphatic rings. The standard InChI is InChI=1S/C13H14/c1-3-5-6-7-13-10-8-12(4-2)9-11-13/h3-11H,1H2,2H3/b6-5-,12-4?,13-7?. The van der Waals surface area contributed by atoms with E-state index >= 15 is 0 Å². The van der Waals surface area contributed by atoms with Crippen LogP contribution in [0.4, 0.5) is 0 Å². The van der Waals surface area contributed by atoms with Gasteiger partial charge >= 0.3 is 0 Å². The van der Waals surface area contributed by atoms with Crippen LogP contribution in [-0.4, -0.2) is 0 Å². The van der Waals surface area contributed by atoms with Gasteiger partial charge in [0.2, 0.25) is 0 Å². The summed E-state index contributed by atoms with van der Waals surface area (Å²) >= 11 is 0. The number of benzene rings is 1. The normalized spacial score (nSPS) is 9.92. The van der Waals surface area contributed by atoms with E-state index in [2.05, 4.69) is 43.0 Å². The molecular weight excluding hydrogens is 156 g/mol. The van der Waals surface area contributed by atoms with Crippen LogP contribution < -0.4 is 10.4 Å². The predicted octanol–water partition coefficient (Wildman–Crippen LogP) is 2.01. The van der Waals surface area contributed by atoms with Crippen LogP contribution >= 0.6 is 0 Å². The van der Waals surface area contributed by atoms with Crippen LogP contribution in [-0.2, 0) is 0 Å². The SMILES string of the molecule is C=C/C=C\C=c1ccc(=CC)cc1. The lowest BCUT2D eigenvalue weighted by atomic mass is 10.2. The second kappa shape index (κ2) is 5.15. The van der Waals surface area contributed by atoms with Gasteiger partial charge in [0, 0.05) is 0 Å². The van der Waals surface area contributed by atoms with Crippen LogP contribution in [0.5, 0.6) is 0 Å². The summed E-state index contributed by atoms with van der Waals surface area (Å²) in [4.78, 5) is 0. The fraction of sp³-hybridized carbons (Fsp3) is 0.0769. The molecule has 0 spiro atoms. The summed E-state index contributed by atoms with van der Waals surface area (Å²) in [6.45, 7) is 5.65. The lowest BCUT2D eigenvalue weighted by Crippen LogP contribution is -2.05. The van der Waals surface area contributed by atoms with Gasteiger partial charge in [0.1, 0.15) is 0 Å². The van der Waals surface area contributed by atoms with Crippen LogP contribution in [0.1, 0.15) is 6.92 Å². The highest BCUT2D eigenvalue weighted by Crippen LogP contribution is 1.76. The van der Waals surface area contributed by atoms with Crippen LogP contribution in [0.3, 0.4) is 0 Å². The lowest BCUT2D eigenvalue weighted by Gasteiger charge is -1.84. The van der Waals surface area contributed by atoms with Gasteiger partial charge in [-0.3, -0.25) is 0 Å². The molecule has 0 N–H and O–H groups in total. The number of hydrogen-bond acceptors (Lipinski definition) is 0. The fourth-order valence-corrected chi connectivity index (χ4v) is 1.04. The monoisotopic (exact) mass is 170 g/mol. The minimum absolute atomic E-state index is 1.21. The van der Waals surface area contributed by atoms with Crippen molar-refractivity contribution < 1.29 is 0 Å².